The van der Waals surface area contributed by atoms with Crippen LogP contribution in [0.1, 0.15) is 32.6 Å². The summed E-state index contributed by atoms with van der Waals surface area (Å²) in [6.45, 7) is 2.46. The molecule has 2 heteroatoms. The van der Waals surface area contributed by atoms with Crippen LogP contribution < -0.4 is 5.32 Å². The minimum atomic E-state index is 0.326. The Kier molecular flexibility index (Phi) is 2.00. The van der Waals surface area contributed by atoms with Gasteiger partial charge in [0.05, 0.1) is 0 Å². The highest BCUT2D eigenvalue weighted by Crippen LogP contribution is 2.69. The van der Waals surface area contributed by atoms with E-state index in [9.17, 15) is 4.79 Å². The maximum Gasteiger partial charge on any atom is 0.223 e. The Morgan fingerprint density at radius 1 is 1.00 bits per heavy atom. The number of amides is 1. The molecule has 1 amide bonds. The van der Waals surface area contributed by atoms with Gasteiger partial charge in [0.25, 0.3) is 0 Å². The minimum absolute atomic E-state index is 0.326. The van der Waals surface area contributed by atoms with Crippen molar-refractivity contribution in [3.8, 4) is 0 Å². The predicted molar refractivity (Wildman–Crippen MR) is 66.1 cm³/mol. The van der Waals surface area contributed by atoms with Gasteiger partial charge in [0.15, 0.2) is 0 Å². The highest BCUT2D eigenvalue weighted by molar-refractivity contribution is 5.79. The Labute approximate surface area is 104 Å². The molecule has 8 unspecified atom stereocenters. The van der Waals surface area contributed by atoms with E-state index in [1.807, 2.05) is 0 Å². The molecule has 0 heterocycles. The Morgan fingerprint density at radius 2 is 1.65 bits per heavy atom. The lowest BCUT2D eigenvalue weighted by Gasteiger charge is -2.40. The van der Waals surface area contributed by atoms with Crippen LogP contribution >= 0.6 is 0 Å². The van der Waals surface area contributed by atoms with Crippen LogP contribution in [0.4, 0.5) is 0 Å². The molecule has 2 nitrogen and oxygen atoms in total. The zero-order valence-electron chi connectivity index (χ0n) is 10.9. The molecule has 4 saturated carbocycles. The van der Waals surface area contributed by atoms with Crippen molar-refractivity contribution in [2.75, 3.05) is 7.05 Å². The topological polar surface area (TPSA) is 29.1 Å². The normalized spacial score (nSPS) is 58.5. The largest absolute Gasteiger partial charge is 0.359 e. The molecule has 4 aliphatic rings. The highest BCUT2D eigenvalue weighted by Gasteiger charge is 2.64. The van der Waals surface area contributed by atoms with Gasteiger partial charge in [-0.15, -0.1) is 0 Å². The van der Waals surface area contributed by atoms with Gasteiger partial charge >= 0.3 is 0 Å². The zero-order chi connectivity index (χ0) is 11.7. The SMILES string of the molecule is CNC(=O)C1CC2CC1C1C3CC(C)C(C3)C21. The maximum atomic E-state index is 12.0. The maximum absolute atomic E-state index is 12.0. The molecule has 8 atom stereocenters. The molecule has 0 saturated heterocycles. The molecular weight excluding hydrogens is 210 g/mol. The molecule has 1 N–H and O–H groups in total. The van der Waals surface area contributed by atoms with Crippen molar-refractivity contribution in [1.82, 2.24) is 5.32 Å². The monoisotopic (exact) mass is 233 g/mol. The Hall–Kier alpha value is -0.530. The summed E-state index contributed by atoms with van der Waals surface area (Å²) in [5.74, 6) is 7.23. The Bertz CT molecular complexity index is 366. The molecule has 0 aromatic rings. The van der Waals surface area contributed by atoms with E-state index in [1.54, 1.807) is 7.05 Å². The lowest BCUT2D eigenvalue weighted by atomic mass is 9.65. The number of nitrogens with one attached hydrogen (secondary N) is 1. The number of fused-ring (bicyclic) bond motifs is 9. The van der Waals surface area contributed by atoms with Gasteiger partial charge in [0.2, 0.25) is 5.91 Å². The average Bonchev–Trinajstić information content (AvgIpc) is 3.02. The van der Waals surface area contributed by atoms with Gasteiger partial charge in [-0.05, 0) is 67.1 Å². The Balaban J connectivity index is 1.62. The van der Waals surface area contributed by atoms with Crippen molar-refractivity contribution in [2.45, 2.75) is 32.6 Å². The second-order valence-corrected chi connectivity index (χ2v) is 7.14. The number of rotatable bonds is 1. The molecule has 0 aromatic carbocycles. The standard InChI is InChI=1S/C15H23NO/c1-7-3-8-4-10(7)13-9-5-11(14(8)13)12(6-9)15(17)16-2/h7-14H,3-6H2,1-2H3,(H,16,17). The molecule has 4 rings (SSSR count). The lowest BCUT2D eigenvalue weighted by Crippen LogP contribution is -2.40. The number of carbonyl (C=O) groups is 1. The average molecular weight is 233 g/mol. The van der Waals surface area contributed by atoms with Gasteiger partial charge in [0, 0.05) is 13.0 Å². The van der Waals surface area contributed by atoms with Crippen molar-refractivity contribution < 1.29 is 4.79 Å². The second-order valence-electron chi connectivity index (χ2n) is 7.14. The first kappa shape index (κ1) is 10.4. The van der Waals surface area contributed by atoms with E-state index in [4.69, 9.17) is 0 Å². The summed E-state index contributed by atoms with van der Waals surface area (Å²) in [6, 6.07) is 0. The van der Waals surface area contributed by atoms with E-state index in [0.717, 1.165) is 41.4 Å². The van der Waals surface area contributed by atoms with Crippen LogP contribution in [0.2, 0.25) is 0 Å². The molecule has 17 heavy (non-hydrogen) atoms. The molecule has 4 fully saturated rings. The van der Waals surface area contributed by atoms with Crippen LogP contribution in [0.15, 0.2) is 0 Å². The number of hydrogen-bond acceptors (Lipinski definition) is 1. The third-order valence-electron chi connectivity index (χ3n) is 6.73. The van der Waals surface area contributed by atoms with E-state index in [0.29, 0.717) is 11.8 Å². The molecule has 94 valence electrons. The fourth-order valence-corrected chi connectivity index (χ4v) is 6.42. The summed E-state index contributed by atoms with van der Waals surface area (Å²) in [5, 5.41) is 2.89. The zero-order valence-corrected chi connectivity index (χ0v) is 10.9. The minimum Gasteiger partial charge on any atom is -0.359 e. The fourth-order valence-electron chi connectivity index (χ4n) is 6.42. The highest BCUT2D eigenvalue weighted by atomic mass is 16.1. The molecule has 0 aliphatic heterocycles. The van der Waals surface area contributed by atoms with Crippen molar-refractivity contribution >= 4 is 5.91 Å². The van der Waals surface area contributed by atoms with Crippen LogP contribution in [-0.2, 0) is 4.79 Å². The summed E-state index contributed by atoms with van der Waals surface area (Å²) >= 11 is 0. The van der Waals surface area contributed by atoms with Gasteiger partial charge in [-0.3, -0.25) is 4.79 Å². The van der Waals surface area contributed by atoms with E-state index in [2.05, 4.69) is 12.2 Å². The van der Waals surface area contributed by atoms with Crippen LogP contribution in [0.3, 0.4) is 0 Å². The van der Waals surface area contributed by atoms with Crippen molar-refractivity contribution in [2.24, 2.45) is 47.3 Å². The molecule has 0 radical (unpaired) electrons. The van der Waals surface area contributed by atoms with Gasteiger partial charge in [-0.2, -0.15) is 0 Å². The van der Waals surface area contributed by atoms with E-state index < -0.39 is 0 Å². The van der Waals surface area contributed by atoms with Gasteiger partial charge in [-0.25, -0.2) is 0 Å². The van der Waals surface area contributed by atoms with Crippen LogP contribution in [-0.4, -0.2) is 13.0 Å². The van der Waals surface area contributed by atoms with Crippen molar-refractivity contribution in [3.05, 3.63) is 0 Å². The summed E-state index contributed by atoms with van der Waals surface area (Å²) < 4.78 is 0. The first-order valence-corrected chi connectivity index (χ1v) is 7.42. The molecule has 0 aromatic heterocycles. The summed E-state index contributed by atoms with van der Waals surface area (Å²) in [4.78, 5) is 12.0. The predicted octanol–water partition coefficient (Wildman–Crippen LogP) is 2.30. The second kappa shape index (κ2) is 3.27. The smallest absolute Gasteiger partial charge is 0.223 e. The van der Waals surface area contributed by atoms with Crippen LogP contribution in [0, 0.1) is 47.3 Å². The van der Waals surface area contributed by atoms with Gasteiger partial charge < -0.3 is 5.32 Å². The Morgan fingerprint density at radius 3 is 2.41 bits per heavy atom. The summed E-state index contributed by atoms with van der Waals surface area (Å²) in [5.41, 5.74) is 0. The molecular formula is C15H23NO. The van der Waals surface area contributed by atoms with Gasteiger partial charge in [0.1, 0.15) is 0 Å². The quantitative estimate of drug-likeness (QED) is 0.692. The first-order valence-electron chi connectivity index (χ1n) is 7.42. The first-order chi connectivity index (χ1) is 8.20. The number of hydrogen-bond donors (Lipinski definition) is 1. The summed E-state index contributed by atoms with van der Waals surface area (Å²) in [6.07, 6.45) is 5.51. The van der Waals surface area contributed by atoms with Crippen LogP contribution in [0.5, 0.6) is 0 Å². The van der Waals surface area contributed by atoms with Crippen molar-refractivity contribution in [3.63, 3.8) is 0 Å². The van der Waals surface area contributed by atoms with Crippen LogP contribution in [0.25, 0.3) is 0 Å². The van der Waals surface area contributed by atoms with Crippen molar-refractivity contribution in [1.29, 1.82) is 0 Å². The third-order valence-corrected chi connectivity index (χ3v) is 6.73. The lowest BCUT2D eigenvalue weighted by molar-refractivity contribution is -0.127. The third kappa shape index (κ3) is 1.15. The van der Waals surface area contributed by atoms with E-state index in [1.165, 1.54) is 25.7 Å². The molecule has 4 aliphatic carbocycles. The van der Waals surface area contributed by atoms with E-state index >= 15 is 0 Å². The summed E-state index contributed by atoms with van der Waals surface area (Å²) in [7, 11) is 1.80. The fraction of sp³-hybridized carbons (Fsp3) is 0.933. The van der Waals surface area contributed by atoms with E-state index in [-0.39, 0.29) is 0 Å². The number of carbonyl (C=O) groups excluding carboxylic acids is 1. The molecule has 0 spiro atoms. The van der Waals surface area contributed by atoms with Gasteiger partial charge in [-0.1, -0.05) is 6.92 Å². The molecule has 4 bridgehead atoms.